The molecule has 0 heterocycles. The highest BCUT2D eigenvalue weighted by Gasteiger charge is 2.50. The number of nitrogens with one attached hydrogen (secondary N) is 1. The highest BCUT2D eigenvalue weighted by atomic mass is 16.4. The average Bonchev–Trinajstić information content (AvgIpc) is 2.34. The van der Waals surface area contributed by atoms with Gasteiger partial charge in [0.05, 0.1) is 6.54 Å². The van der Waals surface area contributed by atoms with Crippen LogP contribution in [0.2, 0.25) is 0 Å². The maximum absolute atomic E-state index is 12.2. The number of carboxylic acid groups (broad SMARTS) is 1. The van der Waals surface area contributed by atoms with Gasteiger partial charge in [0.1, 0.15) is 0 Å². The smallest absolute Gasteiger partial charge is 0.334 e. The maximum Gasteiger partial charge on any atom is 0.334 e. The molecule has 0 aromatic rings. The van der Waals surface area contributed by atoms with E-state index >= 15 is 0 Å². The quantitative estimate of drug-likeness (QED) is 0.697. The second-order valence-electron chi connectivity index (χ2n) is 6.56. The first-order chi connectivity index (χ1) is 9.04. The van der Waals surface area contributed by atoms with Crippen LogP contribution >= 0.6 is 0 Å². The Hall–Kier alpha value is -1.10. The first kappa shape index (κ1) is 12.9. The second kappa shape index (κ2) is 4.78. The minimum Gasteiger partial charge on any atom is -0.479 e. The molecule has 4 fully saturated rings. The van der Waals surface area contributed by atoms with Crippen LogP contribution < -0.4 is 5.32 Å². The van der Waals surface area contributed by atoms with E-state index in [-0.39, 0.29) is 18.4 Å². The predicted octanol–water partition coefficient (Wildman–Crippen LogP) is 0.620. The summed E-state index contributed by atoms with van der Waals surface area (Å²) < 4.78 is 0. The summed E-state index contributed by atoms with van der Waals surface area (Å²) in [5, 5.41) is 20.4. The monoisotopic (exact) mass is 267 g/mol. The number of aliphatic hydroxyl groups is 1. The topological polar surface area (TPSA) is 86.6 Å². The van der Waals surface area contributed by atoms with Crippen LogP contribution in [0.15, 0.2) is 0 Å². The number of aliphatic hydroxyl groups excluding tert-OH is 1. The van der Waals surface area contributed by atoms with Gasteiger partial charge in [0.2, 0.25) is 5.91 Å². The average molecular weight is 267 g/mol. The standard InChI is InChI=1S/C14H21NO4/c16-11(14(18)19)6-15-13(17)12-9-2-7-1-8(4-9)5-10(12)3-7/h7-12,16H,1-6H2,(H,15,17)(H,18,19). The van der Waals surface area contributed by atoms with E-state index in [4.69, 9.17) is 5.11 Å². The van der Waals surface area contributed by atoms with Crippen LogP contribution in [-0.2, 0) is 9.59 Å². The molecule has 19 heavy (non-hydrogen) atoms. The molecule has 0 spiro atoms. The molecule has 0 aromatic carbocycles. The van der Waals surface area contributed by atoms with Gasteiger partial charge in [0, 0.05) is 5.92 Å². The molecule has 4 saturated carbocycles. The van der Waals surface area contributed by atoms with Gasteiger partial charge in [0.15, 0.2) is 6.10 Å². The molecule has 4 rings (SSSR count). The lowest BCUT2D eigenvalue weighted by Crippen LogP contribution is -2.52. The molecule has 1 unspecified atom stereocenters. The van der Waals surface area contributed by atoms with Crippen LogP contribution in [0.25, 0.3) is 0 Å². The number of carboxylic acids is 1. The first-order valence-corrected chi connectivity index (χ1v) is 7.23. The van der Waals surface area contributed by atoms with Crippen LogP contribution in [0.1, 0.15) is 32.1 Å². The molecule has 1 amide bonds. The van der Waals surface area contributed by atoms with E-state index < -0.39 is 12.1 Å². The summed E-state index contributed by atoms with van der Waals surface area (Å²) in [6.07, 6.45) is 4.48. The Labute approximate surface area is 112 Å². The van der Waals surface area contributed by atoms with Gasteiger partial charge >= 0.3 is 5.97 Å². The van der Waals surface area contributed by atoms with Crippen molar-refractivity contribution in [1.29, 1.82) is 0 Å². The molecule has 0 aromatic heterocycles. The molecule has 1 atom stereocenters. The van der Waals surface area contributed by atoms with Crippen molar-refractivity contribution in [2.45, 2.75) is 38.2 Å². The highest BCUT2D eigenvalue weighted by Crippen LogP contribution is 2.56. The number of rotatable bonds is 4. The van der Waals surface area contributed by atoms with Gasteiger partial charge in [-0.05, 0) is 55.8 Å². The zero-order valence-corrected chi connectivity index (χ0v) is 10.9. The maximum atomic E-state index is 12.2. The first-order valence-electron chi connectivity index (χ1n) is 7.23. The lowest BCUT2D eigenvalue weighted by molar-refractivity contribution is -0.147. The summed E-state index contributed by atoms with van der Waals surface area (Å²) in [6.45, 7) is -0.184. The lowest BCUT2D eigenvalue weighted by atomic mass is 9.51. The summed E-state index contributed by atoms with van der Waals surface area (Å²) in [6, 6.07) is 0. The summed E-state index contributed by atoms with van der Waals surface area (Å²) in [7, 11) is 0. The number of amides is 1. The molecule has 4 aliphatic carbocycles. The van der Waals surface area contributed by atoms with Crippen molar-refractivity contribution in [3.05, 3.63) is 0 Å². The van der Waals surface area contributed by atoms with Gasteiger partial charge in [-0.3, -0.25) is 4.79 Å². The molecule has 5 heteroatoms. The number of hydrogen-bond acceptors (Lipinski definition) is 3. The molecule has 0 aliphatic heterocycles. The molecular formula is C14H21NO4. The van der Waals surface area contributed by atoms with Crippen LogP contribution in [-0.4, -0.2) is 34.7 Å². The fraction of sp³-hybridized carbons (Fsp3) is 0.857. The Morgan fingerprint density at radius 3 is 2.05 bits per heavy atom. The Kier molecular flexibility index (Phi) is 3.25. The normalized spacial score (nSPS) is 41.0. The third-order valence-corrected chi connectivity index (χ3v) is 5.28. The van der Waals surface area contributed by atoms with E-state index in [1.165, 1.54) is 6.42 Å². The van der Waals surface area contributed by atoms with Crippen LogP contribution in [0, 0.1) is 29.6 Å². The molecule has 3 N–H and O–H groups in total. The van der Waals surface area contributed by atoms with Gasteiger partial charge in [-0.15, -0.1) is 0 Å². The van der Waals surface area contributed by atoms with Crippen molar-refractivity contribution in [3.63, 3.8) is 0 Å². The SMILES string of the molecule is O=C(O)C(O)CNC(=O)C1C2CC3CC(C2)CC1C3. The summed E-state index contributed by atoms with van der Waals surface area (Å²) in [5.74, 6) is 1.32. The Morgan fingerprint density at radius 2 is 1.58 bits per heavy atom. The van der Waals surface area contributed by atoms with Crippen molar-refractivity contribution < 1.29 is 19.8 Å². The van der Waals surface area contributed by atoms with Crippen molar-refractivity contribution in [2.24, 2.45) is 29.6 Å². The number of carbonyl (C=O) groups is 2. The van der Waals surface area contributed by atoms with Crippen LogP contribution in [0.5, 0.6) is 0 Å². The van der Waals surface area contributed by atoms with Gasteiger partial charge in [-0.1, -0.05) is 0 Å². The van der Waals surface area contributed by atoms with E-state index in [2.05, 4.69) is 5.32 Å². The molecule has 4 bridgehead atoms. The van der Waals surface area contributed by atoms with Gasteiger partial charge < -0.3 is 15.5 Å². The molecular weight excluding hydrogens is 246 g/mol. The second-order valence-corrected chi connectivity index (χ2v) is 6.56. The fourth-order valence-electron chi connectivity index (χ4n) is 4.76. The van der Waals surface area contributed by atoms with E-state index in [1.807, 2.05) is 0 Å². The molecule has 4 aliphatic rings. The number of aliphatic carboxylic acids is 1. The van der Waals surface area contributed by atoms with E-state index in [0.29, 0.717) is 11.8 Å². The zero-order valence-electron chi connectivity index (χ0n) is 10.9. The lowest BCUT2D eigenvalue weighted by Gasteiger charge is -2.53. The van der Waals surface area contributed by atoms with Crippen molar-refractivity contribution in [1.82, 2.24) is 5.32 Å². The Balaban J connectivity index is 1.60. The molecule has 5 nitrogen and oxygen atoms in total. The Morgan fingerprint density at radius 1 is 1.05 bits per heavy atom. The van der Waals surface area contributed by atoms with Crippen LogP contribution in [0.3, 0.4) is 0 Å². The molecule has 0 saturated heterocycles. The summed E-state index contributed by atoms with van der Waals surface area (Å²) >= 11 is 0. The van der Waals surface area contributed by atoms with Gasteiger partial charge in [-0.25, -0.2) is 4.79 Å². The summed E-state index contributed by atoms with van der Waals surface area (Å²) in [5.41, 5.74) is 0. The highest BCUT2D eigenvalue weighted by molar-refractivity contribution is 5.81. The van der Waals surface area contributed by atoms with Crippen molar-refractivity contribution in [2.75, 3.05) is 6.54 Å². The largest absolute Gasteiger partial charge is 0.479 e. The fourth-order valence-corrected chi connectivity index (χ4v) is 4.76. The predicted molar refractivity (Wildman–Crippen MR) is 67.2 cm³/mol. The number of hydrogen-bond donors (Lipinski definition) is 3. The summed E-state index contributed by atoms with van der Waals surface area (Å²) in [4.78, 5) is 22.8. The van der Waals surface area contributed by atoms with Gasteiger partial charge in [0.25, 0.3) is 0 Å². The third kappa shape index (κ3) is 2.36. The minimum atomic E-state index is -1.50. The van der Waals surface area contributed by atoms with Crippen LogP contribution in [0.4, 0.5) is 0 Å². The molecule has 106 valence electrons. The molecule has 0 radical (unpaired) electrons. The van der Waals surface area contributed by atoms with Crippen molar-refractivity contribution in [3.8, 4) is 0 Å². The Bertz CT molecular complexity index is 367. The minimum absolute atomic E-state index is 0.0471. The van der Waals surface area contributed by atoms with E-state index in [9.17, 15) is 14.7 Å². The third-order valence-electron chi connectivity index (χ3n) is 5.28. The van der Waals surface area contributed by atoms with E-state index in [1.54, 1.807) is 0 Å². The zero-order chi connectivity index (χ0) is 13.6. The van der Waals surface area contributed by atoms with E-state index in [0.717, 1.165) is 37.5 Å². The number of carbonyl (C=O) groups excluding carboxylic acids is 1. The van der Waals surface area contributed by atoms with Gasteiger partial charge in [-0.2, -0.15) is 0 Å². The van der Waals surface area contributed by atoms with Crippen molar-refractivity contribution >= 4 is 11.9 Å².